The number of ether oxygens (including phenoxy) is 2. The normalized spacial score (nSPS) is 23.1. The highest BCUT2D eigenvalue weighted by Gasteiger charge is 2.24. The summed E-state index contributed by atoms with van der Waals surface area (Å²) in [6.07, 6.45) is 7.64. The average molecular weight is 261 g/mol. The molecule has 1 aliphatic carbocycles. The number of methoxy groups -OCH3 is 1. The van der Waals surface area contributed by atoms with Crippen molar-refractivity contribution < 1.29 is 9.47 Å². The minimum Gasteiger partial charge on any atom is -0.493 e. The molecule has 1 aromatic rings. The predicted molar refractivity (Wildman–Crippen MR) is 76.0 cm³/mol. The van der Waals surface area contributed by atoms with Crippen LogP contribution in [-0.2, 0) is 6.42 Å². The summed E-state index contributed by atoms with van der Waals surface area (Å²) in [6, 6.07) is 6.84. The Kier molecular flexibility index (Phi) is 3.92. The lowest BCUT2D eigenvalue weighted by molar-refractivity contribution is 0.114. The molecule has 0 spiro atoms. The van der Waals surface area contributed by atoms with Crippen LogP contribution in [-0.4, -0.2) is 25.8 Å². The molecule has 1 N–H and O–H groups in total. The Labute approximate surface area is 115 Å². The van der Waals surface area contributed by atoms with Crippen molar-refractivity contribution in [1.29, 1.82) is 0 Å². The predicted octanol–water partition coefficient (Wildman–Crippen LogP) is 2.92. The van der Waals surface area contributed by atoms with Gasteiger partial charge in [0.25, 0.3) is 0 Å². The van der Waals surface area contributed by atoms with Gasteiger partial charge in [0.2, 0.25) is 0 Å². The van der Waals surface area contributed by atoms with Gasteiger partial charge >= 0.3 is 0 Å². The maximum absolute atomic E-state index is 6.16. The summed E-state index contributed by atoms with van der Waals surface area (Å²) >= 11 is 0. The third kappa shape index (κ3) is 2.86. The first-order valence-electron chi connectivity index (χ1n) is 7.42. The summed E-state index contributed by atoms with van der Waals surface area (Å²) in [7, 11) is 1.72. The Morgan fingerprint density at radius 3 is 2.74 bits per heavy atom. The Morgan fingerprint density at radius 1 is 1.21 bits per heavy atom. The molecule has 1 saturated heterocycles. The first-order chi connectivity index (χ1) is 9.36. The van der Waals surface area contributed by atoms with E-state index in [1.165, 1.54) is 37.7 Å². The Morgan fingerprint density at radius 2 is 2.11 bits per heavy atom. The minimum atomic E-state index is 0.395. The van der Waals surface area contributed by atoms with Crippen molar-refractivity contribution in [3.05, 3.63) is 23.8 Å². The fourth-order valence-electron chi connectivity index (χ4n) is 2.87. The molecule has 1 atom stereocenters. The summed E-state index contributed by atoms with van der Waals surface area (Å²) in [5, 5.41) is 3.55. The summed E-state index contributed by atoms with van der Waals surface area (Å²) in [6.45, 7) is 1.15. The van der Waals surface area contributed by atoms with E-state index in [1.807, 2.05) is 6.07 Å². The summed E-state index contributed by atoms with van der Waals surface area (Å²) in [4.78, 5) is 0. The number of nitrogens with one attached hydrogen (secondary N) is 1. The van der Waals surface area contributed by atoms with Gasteiger partial charge in [-0.3, -0.25) is 0 Å². The molecule has 1 aliphatic heterocycles. The topological polar surface area (TPSA) is 30.5 Å². The molecule has 1 saturated carbocycles. The van der Waals surface area contributed by atoms with Crippen LogP contribution in [0.2, 0.25) is 0 Å². The molecule has 19 heavy (non-hydrogen) atoms. The van der Waals surface area contributed by atoms with E-state index in [-0.39, 0.29) is 0 Å². The monoisotopic (exact) mass is 261 g/mol. The lowest BCUT2D eigenvalue weighted by atomic mass is 9.95. The molecule has 1 aromatic carbocycles. The van der Waals surface area contributed by atoms with Crippen LogP contribution in [0.25, 0.3) is 0 Å². The molecule has 3 nitrogen and oxygen atoms in total. The molecule has 2 fully saturated rings. The van der Waals surface area contributed by atoms with E-state index in [2.05, 4.69) is 17.4 Å². The van der Waals surface area contributed by atoms with Crippen molar-refractivity contribution in [1.82, 2.24) is 5.32 Å². The van der Waals surface area contributed by atoms with Crippen molar-refractivity contribution in [3.63, 3.8) is 0 Å². The summed E-state index contributed by atoms with van der Waals surface area (Å²) in [5.74, 6) is 1.85. The van der Waals surface area contributed by atoms with Gasteiger partial charge in [-0.25, -0.2) is 0 Å². The second-order valence-corrected chi connectivity index (χ2v) is 5.62. The highest BCUT2D eigenvalue weighted by molar-refractivity contribution is 5.47. The van der Waals surface area contributed by atoms with Crippen molar-refractivity contribution in [2.45, 2.75) is 50.7 Å². The SMILES string of the molecule is COc1cccc(CC2CCCN2)c1OC1CCC1. The first-order valence-corrected chi connectivity index (χ1v) is 7.42. The van der Waals surface area contributed by atoms with E-state index in [0.29, 0.717) is 12.1 Å². The molecule has 104 valence electrons. The zero-order valence-corrected chi connectivity index (χ0v) is 11.7. The fraction of sp³-hybridized carbons (Fsp3) is 0.625. The second-order valence-electron chi connectivity index (χ2n) is 5.62. The fourth-order valence-corrected chi connectivity index (χ4v) is 2.87. The third-order valence-electron chi connectivity index (χ3n) is 4.25. The molecule has 1 heterocycles. The molecule has 0 aromatic heterocycles. The van der Waals surface area contributed by atoms with Crippen molar-refractivity contribution in [2.75, 3.05) is 13.7 Å². The van der Waals surface area contributed by atoms with Crippen LogP contribution in [0.4, 0.5) is 0 Å². The molecule has 1 unspecified atom stereocenters. The third-order valence-corrected chi connectivity index (χ3v) is 4.25. The van der Waals surface area contributed by atoms with Gasteiger partial charge in [0.15, 0.2) is 11.5 Å². The van der Waals surface area contributed by atoms with E-state index >= 15 is 0 Å². The molecule has 3 rings (SSSR count). The van der Waals surface area contributed by atoms with E-state index in [1.54, 1.807) is 7.11 Å². The van der Waals surface area contributed by atoms with Crippen LogP contribution in [0.15, 0.2) is 18.2 Å². The van der Waals surface area contributed by atoms with Crippen molar-refractivity contribution >= 4 is 0 Å². The highest BCUT2D eigenvalue weighted by atomic mass is 16.5. The van der Waals surface area contributed by atoms with Crippen LogP contribution in [0.5, 0.6) is 11.5 Å². The molecular weight excluding hydrogens is 238 g/mol. The molecule has 2 aliphatic rings. The van der Waals surface area contributed by atoms with Gasteiger partial charge in [0.05, 0.1) is 13.2 Å². The molecular formula is C16H23NO2. The first kappa shape index (κ1) is 12.8. The Balaban J connectivity index is 1.79. The maximum Gasteiger partial charge on any atom is 0.164 e. The highest BCUT2D eigenvalue weighted by Crippen LogP contribution is 2.36. The summed E-state index contributed by atoms with van der Waals surface area (Å²) in [5.41, 5.74) is 1.28. The van der Waals surface area contributed by atoms with Crippen LogP contribution in [0, 0.1) is 0 Å². The number of para-hydroxylation sites is 1. The number of hydrogen-bond acceptors (Lipinski definition) is 3. The van der Waals surface area contributed by atoms with E-state index in [4.69, 9.17) is 9.47 Å². The van der Waals surface area contributed by atoms with Gasteiger partial charge in [-0.15, -0.1) is 0 Å². The maximum atomic E-state index is 6.16. The Hall–Kier alpha value is -1.22. The van der Waals surface area contributed by atoms with E-state index < -0.39 is 0 Å². The zero-order valence-electron chi connectivity index (χ0n) is 11.7. The minimum absolute atomic E-state index is 0.395. The van der Waals surface area contributed by atoms with Gasteiger partial charge in [0.1, 0.15) is 0 Å². The quantitative estimate of drug-likeness (QED) is 0.884. The zero-order chi connectivity index (χ0) is 13.1. The van der Waals surface area contributed by atoms with E-state index in [0.717, 1.165) is 24.5 Å². The molecule has 0 radical (unpaired) electrons. The summed E-state index contributed by atoms with van der Waals surface area (Å²) < 4.78 is 11.6. The second kappa shape index (κ2) is 5.83. The van der Waals surface area contributed by atoms with Crippen LogP contribution in [0.1, 0.15) is 37.7 Å². The van der Waals surface area contributed by atoms with Crippen LogP contribution >= 0.6 is 0 Å². The number of hydrogen-bond donors (Lipinski definition) is 1. The molecule has 0 bridgehead atoms. The van der Waals surface area contributed by atoms with Crippen molar-refractivity contribution in [2.24, 2.45) is 0 Å². The van der Waals surface area contributed by atoms with Crippen molar-refractivity contribution in [3.8, 4) is 11.5 Å². The van der Waals surface area contributed by atoms with Gasteiger partial charge < -0.3 is 14.8 Å². The van der Waals surface area contributed by atoms with Gasteiger partial charge in [-0.2, -0.15) is 0 Å². The number of benzene rings is 1. The number of rotatable bonds is 5. The van der Waals surface area contributed by atoms with E-state index in [9.17, 15) is 0 Å². The van der Waals surface area contributed by atoms with Gasteiger partial charge in [0, 0.05) is 6.04 Å². The van der Waals surface area contributed by atoms with Gasteiger partial charge in [-0.05, 0) is 56.7 Å². The van der Waals surface area contributed by atoms with Crippen LogP contribution < -0.4 is 14.8 Å². The average Bonchev–Trinajstić information content (AvgIpc) is 2.87. The van der Waals surface area contributed by atoms with Gasteiger partial charge in [-0.1, -0.05) is 12.1 Å². The lowest BCUT2D eigenvalue weighted by Gasteiger charge is -2.28. The molecule has 3 heteroatoms. The smallest absolute Gasteiger partial charge is 0.164 e. The molecule has 0 amide bonds. The Bertz CT molecular complexity index is 423. The standard InChI is InChI=1S/C16H23NO2/c1-18-15-9-2-5-12(11-13-6-4-10-17-13)16(15)19-14-7-3-8-14/h2,5,9,13-14,17H,3-4,6-8,10-11H2,1H3. The lowest BCUT2D eigenvalue weighted by Crippen LogP contribution is -2.27. The largest absolute Gasteiger partial charge is 0.493 e. The van der Waals surface area contributed by atoms with Crippen LogP contribution in [0.3, 0.4) is 0 Å².